The minimum atomic E-state index is 0.884. The summed E-state index contributed by atoms with van der Waals surface area (Å²) < 4.78 is 0. The van der Waals surface area contributed by atoms with Gasteiger partial charge in [0.25, 0.3) is 0 Å². The van der Waals surface area contributed by atoms with Crippen LogP contribution in [0.1, 0.15) is 66.7 Å². The van der Waals surface area contributed by atoms with Gasteiger partial charge in [0.15, 0.2) is 0 Å². The highest BCUT2D eigenvalue weighted by Gasteiger charge is 2.30. The third-order valence-electron chi connectivity index (χ3n) is 4.73. The van der Waals surface area contributed by atoms with E-state index in [-0.39, 0.29) is 0 Å². The predicted octanol–water partition coefficient (Wildman–Crippen LogP) is 5.13. The highest BCUT2D eigenvalue weighted by atomic mass is 14.4. The van der Waals surface area contributed by atoms with Crippen molar-refractivity contribution in [3.05, 3.63) is 0 Å². The molecule has 1 aliphatic carbocycles. The molecule has 0 spiro atoms. The quantitative estimate of drug-likeness (QED) is 0.566. The summed E-state index contributed by atoms with van der Waals surface area (Å²) in [5.41, 5.74) is 0. The van der Waals surface area contributed by atoms with E-state index in [0.29, 0.717) is 0 Å². The van der Waals surface area contributed by atoms with Crippen molar-refractivity contribution in [3.63, 3.8) is 0 Å². The second-order valence-corrected chi connectivity index (χ2v) is 6.22. The summed E-state index contributed by atoms with van der Waals surface area (Å²) in [6.07, 6.45) is 7.26. The standard InChI is InChI=1S/C15H30/c1-6-7-14-9-8-12(4)13(5)10-15(14)11(2)3/h11-15H,6-10H2,1-5H3. The Balaban J connectivity index is 2.67. The lowest BCUT2D eigenvalue weighted by atomic mass is 9.76. The van der Waals surface area contributed by atoms with Crippen LogP contribution >= 0.6 is 0 Å². The van der Waals surface area contributed by atoms with E-state index in [0.717, 1.165) is 29.6 Å². The minimum absolute atomic E-state index is 0.884. The molecule has 0 aliphatic heterocycles. The summed E-state index contributed by atoms with van der Waals surface area (Å²) in [6, 6.07) is 0. The molecule has 1 rings (SSSR count). The fraction of sp³-hybridized carbons (Fsp3) is 1.00. The van der Waals surface area contributed by atoms with E-state index in [1.165, 1.54) is 32.1 Å². The molecule has 1 saturated carbocycles. The van der Waals surface area contributed by atoms with Gasteiger partial charge in [-0.15, -0.1) is 0 Å². The fourth-order valence-electron chi connectivity index (χ4n) is 3.38. The molecule has 4 unspecified atom stereocenters. The molecule has 0 saturated heterocycles. The van der Waals surface area contributed by atoms with Gasteiger partial charge in [-0.25, -0.2) is 0 Å². The lowest BCUT2D eigenvalue weighted by Crippen LogP contribution is -2.20. The maximum absolute atomic E-state index is 2.47. The van der Waals surface area contributed by atoms with Crippen LogP contribution in [0.4, 0.5) is 0 Å². The monoisotopic (exact) mass is 210 g/mol. The molecule has 15 heavy (non-hydrogen) atoms. The first-order valence-corrected chi connectivity index (χ1v) is 7.06. The van der Waals surface area contributed by atoms with E-state index >= 15 is 0 Å². The first kappa shape index (κ1) is 13.1. The third kappa shape index (κ3) is 3.50. The van der Waals surface area contributed by atoms with Crippen molar-refractivity contribution in [1.29, 1.82) is 0 Å². The van der Waals surface area contributed by atoms with Gasteiger partial charge in [0.05, 0.1) is 0 Å². The van der Waals surface area contributed by atoms with E-state index in [9.17, 15) is 0 Å². The average Bonchev–Trinajstić information content (AvgIpc) is 2.31. The van der Waals surface area contributed by atoms with Crippen LogP contribution in [0.5, 0.6) is 0 Å². The Kier molecular flexibility index (Phi) is 5.15. The van der Waals surface area contributed by atoms with Crippen LogP contribution in [-0.4, -0.2) is 0 Å². The van der Waals surface area contributed by atoms with Gasteiger partial charge < -0.3 is 0 Å². The molecule has 4 atom stereocenters. The van der Waals surface area contributed by atoms with Crippen molar-refractivity contribution in [2.24, 2.45) is 29.6 Å². The van der Waals surface area contributed by atoms with Gasteiger partial charge in [-0.3, -0.25) is 0 Å². The van der Waals surface area contributed by atoms with Crippen LogP contribution in [0, 0.1) is 29.6 Å². The number of rotatable bonds is 3. The van der Waals surface area contributed by atoms with E-state index in [1.807, 2.05) is 0 Å². The molecule has 1 fully saturated rings. The van der Waals surface area contributed by atoms with Crippen LogP contribution in [0.25, 0.3) is 0 Å². The first-order chi connectivity index (χ1) is 7.06. The highest BCUT2D eigenvalue weighted by molar-refractivity contribution is 4.81. The second kappa shape index (κ2) is 5.92. The lowest BCUT2D eigenvalue weighted by molar-refractivity contribution is 0.206. The van der Waals surface area contributed by atoms with Crippen LogP contribution in [0.3, 0.4) is 0 Å². The molecular formula is C15H30. The van der Waals surface area contributed by atoms with Gasteiger partial charge >= 0.3 is 0 Å². The van der Waals surface area contributed by atoms with E-state index in [1.54, 1.807) is 0 Å². The molecule has 0 aromatic carbocycles. The van der Waals surface area contributed by atoms with Crippen molar-refractivity contribution >= 4 is 0 Å². The zero-order chi connectivity index (χ0) is 11.4. The van der Waals surface area contributed by atoms with Crippen molar-refractivity contribution in [2.45, 2.75) is 66.7 Å². The van der Waals surface area contributed by atoms with Crippen LogP contribution in [0.15, 0.2) is 0 Å². The molecule has 0 heteroatoms. The summed E-state index contributed by atoms with van der Waals surface area (Å²) >= 11 is 0. The summed E-state index contributed by atoms with van der Waals surface area (Å²) in [7, 11) is 0. The Morgan fingerprint density at radius 1 is 1.07 bits per heavy atom. The summed E-state index contributed by atoms with van der Waals surface area (Å²) in [5, 5.41) is 0. The van der Waals surface area contributed by atoms with Gasteiger partial charge in [0.2, 0.25) is 0 Å². The van der Waals surface area contributed by atoms with Crippen molar-refractivity contribution in [3.8, 4) is 0 Å². The maximum Gasteiger partial charge on any atom is -0.0360 e. The number of hydrogen-bond donors (Lipinski definition) is 0. The molecule has 1 aliphatic rings. The lowest BCUT2D eigenvalue weighted by Gasteiger charge is -2.29. The zero-order valence-electron chi connectivity index (χ0n) is 11.4. The molecule has 0 heterocycles. The first-order valence-electron chi connectivity index (χ1n) is 7.06. The van der Waals surface area contributed by atoms with E-state index in [2.05, 4.69) is 34.6 Å². The Labute approximate surface area is 96.8 Å². The van der Waals surface area contributed by atoms with Crippen molar-refractivity contribution in [1.82, 2.24) is 0 Å². The smallest absolute Gasteiger partial charge is 0.0360 e. The summed E-state index contributed by atoms with van der Waals surface area (Å²) in [6.45, 7) is 12.1. The van der Waals surface area contributed by atoms with Gasteiger partial charge in [-0.05, 0) is 42.4 Å². The van der Waals surface area contributed by atoms with Gasteiger partial charge in [0, 0.05) is 0 Å². The molecule has 0 N–H and O–H groups in total. The second-order valence-electron chi connectivity index (χ2n) is 6.22. The predicted molar refractivity (Wildman–Crippen MR) is 68.9 cm³/mol. The fourth-order valence-corrected chi connectivity index (χ4v) is 3.38. The molecule has 0 radical (unpaired) electrons. The molecule has 0 aromatic rings. The third-order valence-corrected chi connectivity index (χ3v) is 4.73. The Bertz CT molecular complexity index is 171. The topological polar surface area (TPSA) is 0 Å². The summed E-state index contributed by atoms with van der Waals surface area (Å²) in [5.74, 6) is 4.79. The average molecular weight is 210 g/mol. The zero-order valence-corrected chi connectivity index (χ0v) is 11.4. The van der Waals surface area contributed by atoms with Crippen LogP contribution < -0.4 is 0 Å². The molecule has 0 bridgehead atoms. The van der Waals surface area contributed by atoms with Crippen LogP contribution in [-0.2, 0) is 0 Å². The molecule has 0 amide bonds. The molecule has 0 aromatic heterocycles. The number of hydrogen-bond acceptors (Lipinski definition) is 0. The van der Waals surface area contributed by atoms with E-state index in [4.69, 9.17) is 0 Å². The molecular weight excluding hydrogens is 180 g/mol. The SMILES string of the molecule is CCCC1CCC(C)C(C)CC1C(C)C. The van der Waals surface area contributed by atoms with Crippen molar-refractivity contribution < 1.29 is 0 Å². The Morgan fingerprint density at radius 3 is 2.27 bits per heavy atom. The maximum atomic E-state index is 2.47. The highest BCUT2D eigenvalue weighted by Crippen LogP contribution is 2.40. The van der Waals surface area contributed by atoms with Crippen LogP contribution in [0.2, 0.25) is 0 Å². The summed E-state index contributed by atoms with van der Waals surface area (Å²) in [4.78, 5) is 0. The molecule has 90 valence electrons. The van der Waals surface area contributed by atoms with E-state index < -0.39 is 0 Å². The van der Waals surface area contributed by atoms with Gasteiger partial charge in [-0.1, -0.05) is 53.9 Å². The molecule has 0 nitrogen and oxygen atoms in total. The van der Waals surface area contributed by atoms with Gasteiger partial charge in [-0.2, -0.15) is 0 Å². The Morgan fingerprint density at radius 2 is 1.73 bits per heavy atom. The largest absolute Gasteiger partial charge is 0.0654 e. The Hall–Kier alpha value is 0. The normalized spacial score (nSPS) is 38.0. The minimum Gasteiger partial charge on any atom is -0.0654 e. The van der Waals surface area contributed by atoms with Crippen molar-refractivity contribution in [2.75, 3.05) is 0 Å². The van der Waals surface area contributed by atoms with Gasteiger partial charge in [0.1, 0.15) is 0 Å².